The molecule has 0 bridgehead atoms. The zero-order chi connectivity index (χ0) is 14.4. The number of nitrogens with zero attached hydrogens (tertiary/aromatic N) is 1. The fraction of sp³-hybridized carbons (Fsp3) is 0.286. The number of esters is 1. The van der Waals surface area contributed by atoms with Gasteiger partial charge in [-0.1, -0.05) is 0 Å². The number of benzene rings is 1. The van der Waals surface area contributed by atoms with Crippen molar-refractivity contribution in [3.63, 3.8) is 0 Å². The summed E-state index contributed by atoms with van der Waals surface area (Å²) in [6, 6.07) is 6.07. The molecule has 1 N–H and O–H groups in total. The number of anilines is 2. The third kappa shape index (κ3) is 4.31. The molecule has 0 saturated heterocycles. The molecule has 0 saturated carbocycles. The number of ether oxygens (including phenoxy) is 1. The molecule has 0 amide bonds. The molecule has 20 heavy (non-hydrogen) atoms. The van der Waals surface area contributed by atoms with Gasteiger partial charge < -0.3 is 10.1 Å². The summed E-state index contributed by atoms with van der Waals surface area (Å²) in [7, 11) is 0. The number of nitrogens with one attached hydrogen (secondary N) is 1. The molecule has 2 aromatic rings. The first kappa shape index (κ1) is 14.5. The van der Waals surface area contributed by atoms with Crippen LogP contribution in [0.5, 0.6) is 0 Å². The highest BCUT2D eigenvalue weighted by Crippen LogP contribution is 2.21. The molecule has 6 heteroatoms. The summed E-state index contributed by atoms with van der Waals surface area (Å²) in [6.07, 6.45) is 0.883. The van der Waals surface area contributed by atoms with Crippen LogP contribution in [0.3, 0.4) is 0 Å². The van der Waals surface area contributed by atoms with E-state index in [1.54, 1.807) is 19.1 Å². The molecular weight excluding hydrogens is 279 g/mol. The summed E-state index contributed by atoms with van der Waals surface area (Å²) in [5.74, 6) is -0.488. The minimum atomic E-state index is -0.273. The van der Waals surface area contributed by atoms with Crippen molar-refractivity contribution in [2.45, 2.75) is 19.8 Å². The Morgan fingerprint density at radius 3 is 2.85 bits per heavy atom. The molecule has 0 unspecified atom stereocenters. The molecule has 0 radical (unpaired) electrons. The quantitative estimate of drug-likeness (QED) is 0.828. The first-order chi connectivity index (χ1) is 9.67. The van der Waals surface area contributed by atoms with E-state index in [-0.39, 0.29) is 11.8 Å². The second-order valence-corrected chi connectivity index (χ2v) is 4.94. The van der Waals surface area contributed by atoms with Crippen molar-refractivity contribution in [3.05, 3.63) is 41.2 Å². The average Bonchev–Trinajstić information content (AvgIpc) is 2.87. The smallest absolute Gasteiger partial charge is 0.306 e. The highest BCUT2D eigenvalue weighted by molar-refractivity contribution is 7.13. The lowest BCUT2D eigenvalue weighted by Crippen LogP contribution is -2.05. The number of hydrogen-bond donors (Lipinski definition) is 1. The maximum absolute atomic E-state index is 12.8. The molecule has 0 aliphatic carbocycles. The van der Waals surface area contributed by atoms with Crippen molar-refractivity contribution in [3.8, 4) is 0 Å². The third-order valence-electron chi connectivity index (χ3n) is 2.54. The summed E-state index contributed by atoms with van der Waals surface area (Å²) >= 11 is 1.45. The van der Waals surface area contributed by atoms with Gasteiger partial charge in [0.25, 0.3) is 0 Å². The van der Waals surface area contributed by atoms with Crippen LogP contribution >= 0.6 is 11.3 Å². The summed E-state index contributed by atoms with van der Waals surface area (Å²) in [6.45, 7) is 2.18. The van der Waals surface area contributed by atoms with Gasteiger partial charge in [-0.25, -0.2) is 9.37 Å². The van der Waals surface area contributed by atoms with Crippen LogP contribution in [0, 0.1) is 5.82 Å². The Hall–Kier alpha value is -1.95. The van der Waals surface area contributed by atoms with Gasteiger partial charge in [-0.15, -0.1) is 11.3 Å². The van der Waals surface area contributed by atoms with Crippen LogP contribution in [0.15, 0.2) is 29.6 Å². The van der Waals surface area contributed by atoms with Crippen molar-refractivity contribution in [1.29, 1.82) is 0 Å². The average molecular weight is 294 g/mol. The SMILES string of the molecule is CCOC(=O)CCc1csc(Nc2ccc(F)cc2)n1. The number of aryl methyl sites for hydroxylation is 1. The monoisotopic (exact) mass is 294 g/mol. The zero-order valence-corrected chi connectivity index (χ0v) is 11.9. The van der Waals surface area contributed by atoms with Gasteiger partial charge >= 0.3 is 5.97 Å². The fourth-order valence-electron chi connectivity index (χ4n) is 1.60. The van der Waals surface area contributed by atoms with Gasteiger partial charge in [0.2, 0.25) is 0 Å². The molecule has 106 valence electrons. The van der Waals surface area contributed by atoms with Gasteiger partial charge in [0.05, 0.1) is 18.7 Å². The van der Waals surface area contributed by atoms with Gasteiger partial charge in [0.15, 0.2) is 5.13 Å². The van der Waals surface area contributed by atoms with Gasteiger partial charge in [0.1, 0.15) is 5.82 Å². The van der Waals surface area contributed by atoms with Crippen LogP contribution in [0.2, 0.25) is 0 Å². The normalized spacial score (nSPS) is 10.3. The van der Waals surface area contributed by atoms with Crippen molar-refractivity contribution in [2.24, 2.45) is 0 Å². The van der Waals surface area contributed by atoms with Crippen molar-refractivity contribution >= 4 is 28.1 Å². The Morgan fingerprint density at radius 2 is 2.15 bits per heavy atom. The maximum Gasteiger partial charge on any atom is 0.306 e. The predicted octanol–water partition coefficient (Wildman–Crippen LogP) is 3.52. The molecule has 1 heterocycles. The molecule has 0 aliphatic heterocycles. The Kier molecular flexibility index (Phi) is 5.06. The van der Waals surface area contributed by atoms with Gasteiger partial charge in [-0.3, -0.25) is 4.79 Å². The van der Waals surface area contributed by atoms with E-state index in [1.165, 1.54) is 23.5 Å². The van der Waals surface area contributed by atoms with Crippen LogP contribution in [0.4, 0.5) is 15.2 Å². The Morgan fingerprint density at radius 1 is 1.40 bits per heavy atom. The van der Waals surface area contributed by atoms with E-state index in [1.807, 2.05) is 5.38 Å². The number of carbonyl (C=O) groups is 1. The minimum Gasteiger partial charge on any atom is -0.466 e. The molecule has 0 atom stereocenters. The van der Waals surface area contributed by atoms with E-state index in [4.69, 9.17) is 4.74 Å². The molecule has 1 aromatic carbocycles. The Balaban J connectivity index is 1.88. The highest BCUT2D eigenvalue weighted by Gasteiger charge is 2.06. The Labute approximate surface area is 120 Å². The summed E-state index contributed by atoms with van der Waals surface area (Å²) in [4.78, 5) is 15.6. The molecule has 0 fully saturated rings. The predicted molar refractivity (Wildman–Crippen MR) is 76.8 cm³/mol. The largest absolute Gasteiger partial charge is 0.466 e. The lowest BCUT2D eigenvalue weighted by molar-refractivity contribution is -0.143. The number of hydrogen-bond acceptors (Lipinski definition) is 5. The first-order valence-electron chi connectivity index (χ1n) is 6.30. The molecular formula is C14H15FN2O2S. The summed E-state index contributed by atoms with van der Waals surface area (Å²) in [5.41, 5.74) is 1.62. The van der Waals surface area contributed by atoms with E-state index in [9.17, 15) is 9.18 Å². The lowest BCUT2D eigenvalue weighted by Gasteiger charge is -2.01. The molecule has 1 aromatic heterocycles. The van der Waals surface area contributed by atoms with Crippen LogP contribution in [0.1, 0.15) is 19.0 Å². The zero-order valence-electron chi connectivity index (χ0n) is 11.1. The summed E-state index contributed by atoms with van der Waals surface area (Å²) < 4.78 is 17.6. The van der Waals surface area contributed by atoms with E-state index in [0.717, 1.165) is 16.5 Å². The van der Waals surface area contributed by atoms with Crippen molar-refractivity contribution < 1.29 is 13.9 Å². The number of thiazole rings is 1. The Bertz CT molecular complexity index is 569. The molecule has 2 rings (SSSR count). The number of rotatable bonds is 6. The van der Waals surface area contributed by atoms with Crippen LogP contribution < -0.4 is 5.32 Å². The third-order valence-corrected chi connectivity index (χ3v) is 3.34. The van der Waals surface area contributed by atoms with Crippen LogP contribution in [0.25, 0.3) is 0 Å². The molecule has 0 aliphatic rings. The topological polar surface area (TPSA) is 51.2 Å². The van der Waals surface area contributed by atoms with E-state index in [0.29, 0.717) is 19.4 Å². The number of halogens is 1. The van der Waals surface area contributed by atoms with E-state index >= 15 is 0 Å². The van der Waals surface area contributed by atoms with Crippen LogP contribution in [-0.2, 0) is 16.0 Å². The minimum absolute atomic E-state index is 0.214. The van der Waals surface area contributed by atoms with Crippen molar-refractivity contribution in [2.75, 3.05) is 11.9 Å². The second-order valence-electron chi connectivity index (χ2n) is 4.08. The standard InChI is InChI=1S/C14H15FN2O2S/c1-2-19-13(18)8-7-12-9-20-14(17-12)16-11-5-3-10(15)4-6-11/h3-6,9H,2,7-8H2,1H3,(H,16,17). The number of carbonyl (C=O) groups excluding carboxylic acids is 1. The maximum atomic E-state index is 12.8. The van der Waals surface area contributed by atoms with Gasteiger partial charge in [-0.2, -0.15) is 0 Å². The fourth-order valence-corrected chi connectivity index (χ4v) is 2.36. The van der Waals surface area contributed by atoms with Crippen molar-refractivity contribution in [1.82, 2.24) is 4.98 Å². The lowest BCUT2D eigenvalue weighted by atomic mass is 10.2. The summed E-state index contributed by atoms with van der Waals surface area (Å²) in [5, 5.41) is 5.70. The van der Waals surface area contributed by atoms with Crippen LogP contribution in [-0.4, -0.2) is 17.6 Å². The van der Waals surface area contributed by atoms with E-state index < -0.39 is 0 Å². The van der Waals surface area contributed by atoms with Gasteiger partial charge in [0, 0.05) is 17.5 Å². The van der Waals surface area contributed by atoms with E-state index in [2.05, 4.69) is 10.3 Å². The highest BCUT2D eigenvalue weighted by atomic mass is 32.1. The molecule has 0 spiro atoms. The first-order valence-corrected chi connectivity index (χ1v) is 7.18. The van der Waals surface area contributed by atoms with Gasteiger partial charge in [-0.05, 0) is 31.2 Å². The number of aromatic nitrogens is 1. The molecule has 4 nitrogen and oxygen atoms in total. The second kappa shape index (κ2) is 7.00.